The summed E-state index contributed by atoms with van der Waals surface area (Å²) in [6.45, 7) is 11.8. The Morgan fingerprint density at radius 2 is 1.75 bits per heavy atom. The summed E-state index contributed by atoms with van der Waals surface area (Å²) in [5.41, 5.74) is 0. The number of hydrogen-bond donors (Lipinski definition) is 1. The van der Waals surface area contributed by atoms with E-state index in [4.69, 9.17) is 4.52 Å². The predicted octanol–water partition coefficient (Wildman–Crippen LogP) is 1.54. The van der Waals surface area contributed by atoms with Crippen LogP contribution in [0.15, 0.2) is 4.52 Å². The van der Waals surface area contributed by atoms with E-state index in [1.54, 1.807) is 0 Å². The Morgan fingerprint density at radius 3 is 2.29 bits per heavy atom. The van der Waals surface area contributed by atoms with Crippen molar-refractivity contribution in [2.24, 2.45) is 0 Å². The Labute approximate surface area is 143 Å². The lowest BCUT2D eigenvalue weighted by molar-refractivity contribution is -0.126. The molecule has 24 heavy (non-hydrogen) atoms. The second-order valence-electron chi connectivity index (χ2n) is 7.35. The third kappa shape index (κ3) is 3.95. The third-order valence-corrected chi connectivity index (χ3v) is 5.08. The average molecular weight is 335 g/mol. The van der Waals surface area contributed by atoms with Crippen LogP contribution >= 0.6 is 0 Å². The quantitative estimate of drug-likeness (QED) is 0.850. The molecule has 0 radical (unpaired) electrons. The first kappa shape index (κ1) is 17.4. The van der Waals surface area contributed by atoms with Crippen LogP contribution < -0.4 is 5.32 Å². The van der Waals surface area contributed by atoms with E-state index < -0.39 is 0 Å². The summed E-state index contributed by atoms with van der Waals surface area (Å²) in [4.78, 5) is 21.3. The van der Waals surface area contributed by atoms with E-state index in [2.05, 4.69) is 46.0 Å². The number of carbonyl (C=O) groups is 1. The van der Waals surface area contributed by atoms with Crippen LogP contribution in [0.3, 0.4) is 0 Å². The zero-order valence-corrected chi connectivity index (χ0v) is 15.2. The second kappa shape index (κ2) is 7.19. The minimum Gasteiger partial charge on any atom is -0.352 e. The number of nitrogens with one attached hydrogen (secondary N) is 1. The monoisotopic (exact) mass is 335 g/mol. The highest BCUT2D eigenvalue weighted by Crippen LogP contribution is 2.23. The molecule has 2 aliphatic rings. The van der Waals surface area contributed by atoms with Gasteiger partial charge in [-0.15, -0.1) is 0 Å². The number of hydrogen-bond acceptors (Lipinski definition) is 6. The van der Waals surface area contributed by atoms with Crippen LogP contribution in [0.1, 0.15) is 64.2 Å². The number of aromatic nitrogens is 2. The van der Waals surface area contributed by atoms with Gasteiger partial charge in [-0.05, 0) is 26.7 Å². The highest BCUT2D eigenvalue weighted by atomic mass is 16.5. The van der Waals surface area contributed by atoms with Gasteiger partial charge in [-0.1, -0.05) is 19.0 Å². The van der Waals surface area contributed by atoms with Crippen molar-refractivity contribution in [3.8, 4) is 0 Å². The van der Waals surface area contributed by atoms with Crippen molar-refractivity contribution >= 4 is 5.91 Å². The Hall–Kier alpha value is -1.47. The van der Waals surface area contributed by atoms with E-state index in [-0.39, 0.29) is 23.9 Å². The van der Waals surface area contributed by atoms with Gasteiger partial charge in [-0.3, -0.25) is 14.6 Å². The molecule has 0 bridgehead atoms. The molecule has 2 fully saturated rings. The topological polar surface area (TPSA) is 74.5 Å². The van der Waals surface area contributed by atoms with Crippen molar-refractivity contribution in [3.05, 3.63) is 11.7 Å². The highest BCUT2D eigenvalue weighted by molar-refractivity contribution is 5.81. The third-order valence-electron chi connectivity index (χ3n) is 5.08. The van der Waals surface area contributed by atoms with Gasteiger partial charge >= 0.3 is 0 Å². The predicted molar refractivity (Wildman–Crippen MR) is 90.6 cm³/mol. The van der Waals surface area contributed by atoms with Crippen LogP contribution in [0, 0.1) is 0 Å². The first-order valence-corrected chi connectivity index (χ1v) is 9.07. The number of carbonyl (C=O) groups excluding carboxylic acids is 1. The van der Waals surface area contributed by atoms with Gasteiger partial charge in [-0.2, -0.15) is 4.98 Å². The number of piperazine rings is 1. The minimum absolute atomic E-state index is 0.0565. The maximum absolute atomic E-state index is 12.2. The van der Waals surface area contributed by atoms with Crippen LogP contribution in [0.4, 0.5) is 0 Å². The largest absolute Gasteiger partial charge is 0.352 e. The Kier molecular flexibility index (Phi) is 5.20. The number of rotatable bonds is 6. The van der Waals surface area contributed by atoms with Gasteiger partial charge in [0.05, 0.1) is 12.1 Å². The number of amides is 1. The molecule has 1 saturated carbocycles. The molecule has 1 saturated heterocycles. The van der Waals surface area contributed by atoms with Gasteiger partial charge in [0.2, 0.25) is 11.8 Å². The molecule has 2 heterocycles. The molecule has 1 aromatic heterocycles. The van der Waals surface area contributed by atoms with Crippen molar-refractivity contribution < 1.29 is 9.32 Å². The molecule has 3 rings (SSSR count). The lowest BCUT2D eigenvalue weighted by Gasteiger charge is -2.39. The molecule has 0 aromatic carbocycles. The molecule has 2 atom stereocenters. The van der Waals surface area contributed by atoms with Crippen LogP contribution in [0.5, 0.6) is 0 Å². The average Bonchev–Trinajstić information content (AvgIpc) is 3.25. The zero-order chi connectivity index (χ0) is 17.3. The summed E-state index contributed by atoms with van der Waals surface area (Å²) in [5.74, 6) is 1.89. The van der Waals surface area contributed by atoms with Gasteiger partial charge in [0.15, 0.2) is 5.82 Å². The smallest absolute Gasteiger partial charge is 0.243 e. The van der Waals surface area contributed by atoms with E-state index in [0.29, 0.717) is 11.9 Å². The van der Waals surface area contributed by atoms with E-state index in [9.17, 15) is 4.79 Å². The van der Waals surface area contributed by atoms with Gasteiger partial charge in [0, 0.05) is 38.1 Å². The van der Waals surface area contributed by atoms with Crippen molar-refractivity contribution in [3.63, 3.8) is 0 Å². The van der Waals surface area contributed by atoms with Gasteiger partial charge < -0.3 is 9.84 Å². The lowest BCUT2D eigenvalue weighted by atomic mass is 10.1. The van der Waals surface area contributed by atoms with Crippen molar-refractivity contribution in [1.82, 2.24) is 25.3 Å². The first-order valence-electron chi connectivity index (χ1n) is 9.07. The van der Waals surface area contributed by atoms with Crippen LogP contribution in [0.25, 0.3) is 0 Å². The molecule has 1 amide bonds. The summed E-state index contributed by atoms with van der Waals surface area (Å²) in [6.07, 6.45) is 2.26. The standard InChI is InChI=1S/C17H29N5O2/c1-11(2)15-19-17(24-20-15)13(4)22-9-7-21(8-10-22)12(3)16(23)18-14-5-6-14/h11-14H,5-10H2,1-4H3,(H,18,23)/t12-,13+/m1/s1. The summed E-state index contributed by atoms with van der Waals surface area (Å²) in [7, 11) is 0. The Balaban J connectivity index is 1.50. The normalized spacial score (nSPS) is 22.5. The zero-order valence-electron chi connectivity index (χ0n) is 15.2. The SMILES string of the molecule is CC(C)c1noc([C@H](C)N2CCN([C@H](C)C(=O)NC3CC3)CC2)n1. The fraction of sp³-hybridized carbons (Fsp3) is 0.824. The van der Waals surface area contributed by atoms with Crippen molar-refractivity contribution in [2.45, 2.75) is 64.6 Å². The van der Waals surface area contributed by atoms with Gasteiger partial charge in [-0.25, -0.2) is 0 Å². The van der Waals surface area contributed by atoms with E-state index in [0.717, 1.165) is 44.8 Å². The highest BCUT2D eigenvalue weighted by Gasteiger charge is 2.32. The van der Waals surface area contributed by atoms with Crippen molar-refractivity contribution in [1.29, 1.82) is 0 Å². The molecule has 0 spiro atoms. The molecule has 1 N–H and O–H groups in total. The van der Waals surface area contributed by atoms with Crippen LogP contribution in [-0.4, -0.2) is 64.1 Å². The minimum atomic E-state index is -0.0565. The number of nitrogens with zero attached hydrogens (tertiary/aromatic N) is 4. The molecule has 1 aliphatic heterocycles. The van der Waals surface area contributed by atoms with Gasteiger partial charge in [0.25, 0.3) is 0 Å². The van der Waals surface area contributed by atoms with Crippen LogP contribution in [-0.2, 0) is 4.79 Å². The second-order valence-corrected chi connectivity index (χ2v) is 7.35. The first-order chi connectivity index (χ1) is 11.5. The lowest BCUT2D eigenvalue weighted by Crippen LogP contribution is -2.54. The summed E-state index contributed by atoms with van der Waals surface area (Å²) in [5, 5.41) is 7.15. The Morgan fingerprint density at radius 1 is 1.12 bits per heavy atom. The molecule has 7 nitrogen and oxygen atoms in total. The van der Waals surface area contributed by atoms with E-state index in [1.165, 1.54) is 0 Å². The molecular weight excluding hydrogens is 306 g/mol. The maximum Gasteiger partial charge on any atom is 0.243 e. The molecule has 7 heteroatoms. The van der Waals surface area contributed by atoms with E-state index in [1.807, 2.05) is 6.92 Å². The fourth-order valence-corrected chi connectivity index (χ4v) is 3.03. The summed E-state index contributed by atoms with van der Waals surface area (Å²) >= 11 is 0. The Bertz CT molecular complexity index is 561. The van der Waals surface area contributed by atoms with E-state index >= 15 is 0 Å². The molecule has 1 aromatic rings. The molecule has 1 aliphatic carbocycles. The van der Waals surface area contributed by atoms with Crippen LogP contribution in [0.2, 0.25) is 0 Å². The fourth-order valence-electron chi connectivity index (χ4n) is 3.03. The molecule has 134 valence electrons. The summed E-state index contributed by atoms with van der Waals surface area (Å²) in [6, 6.07) is 0.482. The maximum atomic E-state index is 12.2. The molecule has 0 unspecified atom stereocenters. The summed E-state index contributed by atoms with van der Waals surface area (Å²) < 4.78 is 5.42. The van der Waals surface area contributed by atoms with Gasteiger partial charge in [0.1, 0.15) is 0 Å². The van der Waals surface area contributed by atoms with Crippen molar-refractivity contribution in [2.75, 3.05) is 26.2 Å². The molecular formula is C17H29N5O2.